The number of likely N-dealkylation sites (tertiary alicyclic amines) is 1. The second-order valence-electron chi connectivity index (χ2n) is 9.70. The quantitative estimate of drug-likeness (QED) is 0.690. The first kappa shape index (κ1) is 22.0. The van der Waals surface area contributed by atoms with Gasteiger partial charge in [-0.15, -0.1) is 0 Å². The molecule has 3 fully saturated rings. The average molecular weight is 448 g/mol. The summed E-state index contributed by atoms with van der Waals surface area (Å²) in [6, 6.07) is 17.6. The zero-order valence-corrected chi connectivity index (χ0v) is 19.2. The Hall–Kier alpha value is -2.86. The van der Waals surface area contributed by atoms with Gasteiger partial charge in [-0.3, -0.25) is 4.79 Å². The summed E-state index contributed by atoms with van der Waals surface area (Å²) in [6.45, 7) is 4.48. The molecule has 0 bridgehead atoms. The van der Waals surface area contributed by atoms with Crippen LogP contribution in [-0.4, -0.2) is 49.1 Å². The van der Waals surface area contributed by atoms with E-state index in [9.17, 15) is 9.59 Å². The van der Waals surface area contributed by atoms with E-state index in [0.717, 1.165) is 24.2 Å². The fourth-order valence-electron chi connectivity index (χ4n) is 5.23. The molecule has 2 aliphatic heterocycles. The van der Waals surface area contributed by atoms with Crippen molar-refractivity contribution in [2.75, 3.05) is 31.1 Å². The van der Waals surface area contributed by atoms with Gasteiger partial charge in [-0.05, 0) is 74.9 Å². The van der Waals surface area contributed by atoms with Gasteiger partial charge < -0.3 is 19.9 Å². The Bertz CT molecular complexity index is 966. The lowest BCUT2D eigenvalue weighted by molar-refractivity contribution is -0.121. The van der Waals surface area contributed by atoms with E-state index in [1.54, 1.807) is 4.90 Å². The van der Waals surface area contributed by atoms with Crippen molar-refractivity contribution < 1.29 is 14.3 Å². The average Bonchev–Trinajstić information content (AvgIpc) is 3.44. The molecule has 2 heterocycles. The van der Waals surface area contributed by atoms with E-state index in [-0.39, 0.29) is 12.5 Å². The fourth-order valence-corrected chi connectivity index (χ4v) is 5.23. The predicted octanol–water partition coefficient (Wildman–Crippen LogP) is 4.24. The Balaban J connectivity index is 1.18. The van der Waals surface area contributed by atoms with Crippen LogP contribution in [-0.2, 0) is 21.6 Å². The van der Waals surface area contributed by atoms with Crippen LogP contribution < -0.4 is 10.2 Å². The third-order valence-electron chi connectivity index (χ3n) is 7.31. The second kappa shape index (κ2) is 9.56. The molecule has 1 atom stereocenters. The molecule has 33 heavy (non-hydrogen) atoms. The molecular weight excluding hydrogens is 414 g/mol. The van der Waals surface area contributed by atoms with Gasteiger partial charge in [-0.1, -0.05) is 42.5 Å². The second-order valence-corrected chi connectivity index (χ2v) is 9.70. The van der Waals surface area contributed by atoms with Crippen LogP contribution in [0.2, 0.25) is 0 Å². The van der Waals surface area contributed by atoms with Gasteiger partial charge in [0.25, 0.3) is 0 Å². The maximum absolute atomic E-state index is 13.1. The summed E-state index contributed by atoms with van der Waals surface area (Å²) in [7, 11) is 0. The summed E-state index contributed by atoms with van der Waals surface area (Å²) < 4.78 is 5.31. The number of carbonyl (C=O) groups excluding carboxylic acids is 2. The van der Waals surface area contributed by atoms with Crippen LogP contribution in [0.1, 0.15) is 49.7 Å². The highest BCUT2D eigenvalue weighted by atomic mass is 16.5. The molecule has 1 N–H and O–H groups in total. The lowest BCUT2D eigenvalue weighted by atomic mass is 9.94. The highest BCUT2D eigenvalue weighted by Crippen LogP contribution is 2.49. The van der Waals surface area contributed by atoms with Crippen LogP contribution in [0.15, 0.2) is 54.6 Å². The molecule has 0 aromatic heterocycles. The Morgan fingerprint density at radius 2 is 1.70 bits per heavy atom. The molecule has 5 rings (SSSR count). The first-order chi connectivity index (χ1) is 16.1. The number of benzene rings is 2. The Morgan fingerprint density at radius 1 is 0.970 bits per heavy atom. The SMILES string of the molecule is O=C(NC1CCCN(c2ccc(C3(CN4CCCC4)CC3)cc2)C1=O)OCc1ccccc1. The van der Waals surface area contributed by atoms with E-state index < -0.39 is 12.1 Å². The van der Waals surface area contributed by atoms with E-state index in [2.05, 4.69) is 34.5 Å². The van der Waals surface area contributed by atoms with Crippen molar-refractivity contribution in [2.45, 2.75) is 56.6 Å². The van der Waals surface area contributed by atoms with E-state index in [4.69, 9.17) is 4.74 Å². The minimum absolute atomic E-state index is 0.0659. The van der Waals surface area contributed by atoms with Crippen LogP contribution in [0.5, 0.6) is 0 Å². The van der Waals surface area contributed by atoms with Gasteiger partial charge in [0.1, 0.15) is 12.6 Å². The number of anilines is 1. The number of rotatable bonds is 7. The molecule has 2 aromatic rings. The first-order valence-electron chi connectivity index (χ1n) is 12.2. The normalized spacial score (nSPS) is 22.2. The number of piperidine rings is 1. The number of hydrogen-bond donors (Lipinski definition) is 1. The van der Waals surface area contributed by atoms with Crippen molar-refractivity contribution in [1.29, 1.82) is 0 Å². The number of nitrogens with one attached hydrogen (secondary N) is 1. The van der Waals surface area contributed by atoms with Crippen molar-refractivity contribution >= 4 is 17.7 Å². The lowest BCUT2D eigenvalue weighted by Gasteiger charge is -2.33. The Morgan fingerprint density at radius 3 is 2.39 bits per heavy atom. The van der Waals surface area contributed by atoms with Gasteiger partial charge in [0, 0.05) is 24.2 Å². The molecule has 1 aliphatic carbocycles. The number of carbonyl (C=O) groups is 2. The summed E-state index contributed by atoms with van der Waals surface area (Å²) in [5, 5.41) is 2.77. The van der Waals surface area contributed by atoms with Gasteiger partial charge in [-0.25, -0.2) is 4.79 Å². The molecule has 0 spiro atoms. The fraction of sp³-hybridized carbons (Fsp3) is 0.481. The third kappa shape index (κ3) is 5.06. The van der Waals surface area contributed by atoms with Crippen molar-refractivity contribution in [2.24, 2.45) is 0 Å². The standard InChI is InChI=1S/C27H33N3O3/c31-25-24(28-26(32)33-19-21-7-2-1-3-8-21)9-6-18-30(25)23-12-10-22(11-13-23)27(14-15-27)20-29-16-4-5-17-29/h1-3,7-8,10-13,24H,4-6,9,14-20H2,(H,28,32). The van der Waals surface area contributed by atoms with Gasteiger partial charge in [0.2, 0.25) is 5.91 Å². The highest BCUT2D eigenvalue weighted by Gasteiger charge is 2.45. The lowest BCUT2D eigenvalue weighted by Crippen LogP contribution is -2.52. The summed E-state index contributed by atoms with van der Waals surface area (Å²) in [4.78, 5) is 29.8. The molecule has 6 heteroatoms. The molecule has 2 saturated heterocycles. The zero-order valence-electron chi connectivity index (χ0n) is 19.2. The highest BCUT2D eigenvalue weighted by molar-refractivity contribution is 5.99. The monoisotopic (exact) mass is 447 g/mol. The van der Waals surface area contributed by atoms with Crippen molar-refractivity contribution in [3.05, 3.63) is 65.7 Å². The number of hydrogen-bond acceptors (Lipinski definition) is 4. The third-order valence-corrected chi connectivity index (χ3v) is 7.31. The van der Waals surface area contributed by atoms with Gasteiger partial charge >= 0.3 is 6.09 Å². The van der Waals surface area contributed by atoms with Crippen molar-refractivity contribution in [1.82, 2.24) is 10.2 Å². The van der Waals surface area contributed by atoms with Gasteiger partial charge in [0.15, 0.2) is 0 Å². The van der Waals surface area contributed by atoms with E-state index in [0.29, 0.717) is 18.4 Å². The van der Waals surface area contributed by atoms with Crippen molar-refractivity contribution in [3.63, 3.8) is 0 Å². The summed E-state index contributed by atoms with van der Waals surface area (Å²) in [5.41, 5.74) is 3.52. The molecular formula is C27H33N3O3. The summed E-state index contributed by atoms with van der Waals surface area (Å²) >= 11 is 0. The maximum Gasteiger partial charge on any atom is 0.408 e. The Kier molecular flexibility index (Phi) is 6.36. The van der Waals surface area contributed by atoms with Crippen LogP contribution in [0.25, 0.3) is 0 Å². The van der Waals surface area contributed by atoms with Gasteiger partial charge in [-0.2, -0.15) is 0 Å². The van der Waals surface area contributed by atoms with E-state index in [1.807, 2.05) is 30.3 Å². The van der Waals surface area contributed by atoms with Crippen LogP contribution >= 0.6 is 0 Å². The topological polar surface area (TPSA) is 61.9 Å². The van der Waals surface area contributed by atoms with E-state index >= 15 is 0 Å². The number of nitrogens with zero attached hydrogens (tertiary/aromatic N) is 2. The summed E-state index contributed by atoms with van der Waals surface area (Å²) in [6.07, 6.45) is 6.07. The molecule has 3 aliphatic rings. The first-order valence-corrected chi connectivity index (χ1v) is 12.2. The molecule has 6 nitrogen and oxygen atoms in total. The number of alkyl carbamates (subject to hydrolysis) is 1. The maximum atomic E-state index is 13.1. The molecule has 1 unspecified atom stereocenters. The number of ether oxygens (including phenoxy) is 1. The number of amides is 2. The van der Waals surface area contributed by atoms with E-state index in [1.165, 1.54) is 44.3 Å². The molecule has 174 valence electrons. The minimum Gasteiger partial charge on any atom is -0.445 e. The predicted molar refractivity (Wildman–Crippen MR) is 128 cm³/mol. The van der Waals surface area contributed by atoms with Crippen LogP contribution in [0.4, 0.5) is 10.5 Å². The molecule has 2 amide bonds. The minimum atomic E-state index is -0.549. The van der Waals surface area contributed by atoms with Crippen LogP contribution in [0, 0.1) is 0 Å². The van der Waals surface area contributed by atoms with Gasteiger partial charge in [0.05, 0.1) is 0 Å². The Labute approximate surface area is 195 Å². The summed E-state index contributed by atoms with van der Waals surface area (Å²) in [5.74, 6) is -0.0659. The molecule has 0 radical (unpaired) electrons. The zero-order chi connectivity index (χ0) is 22.7. The molecule has 2 aromatic carbocycles. The van der Waals surface area contributed by atoms with Crippen LogP contribution in [0.3, 0.4) is 0 Å². The van der Waals surface area contributed by atoms with Crippen molar-refractivity contribution in [3.8, 4) is 0 Å². The smallest absolute Gasteiger partial charge is 0.408 e. The largest absolute Gasteiger partial charge is 0.445 e. The molecule has 1 saturated carbocycles.